The number of carbonyl (C=O) groups is 1. The third-order valence-corrected chi connectivity index (χ3v) is 6.00. The van der Waals surface area contributed by atoms with Gasteiger partial charge in [0.2, 0.25) is 5.95 Å². The molecule has 3 aromatic rings. The third-order valence-electron chi connectivity index (χ3n) is 6.00. The van der Waals surface area contributed by atoms with E-state index in [4.69, 9.17) is 14.5 Å². The van der Waals surface area contributed by atoms with Gasteiger partial charge in [-0.1, -0.05) is 18.2 Å². The van der Waals surface area contributed by atoms with Crippen molar-refractivity contribution in [3.05, 3.63) is 66.0 Å². The summed E-state index contributed by atoms with van der Waals surface area (Å²) >= 11 is 0. The van der Waals surface area contributed by atoms with Crippen LogP contribution in [0.5, 0.6) is 11.5 Å². The van der Waals surface area contributed by atoms with Crippen molar-refractivity contribution in [2.45, 2.75) is 18.8 Å². The Morgan fingerprint density at radius 2 is 1.79 bits per heavy atom. The Morgan fingerprint density at radius 1 is 1.06 bits per heavy atom. The Morgan fingerprint density at radius 3 is 2.52 bits per heavy atom. The normalized spacial score (nSPS) is 15.8. The first-order valence-electron chi connectivity index (χ1n) is 11.1. The molecule has 0 aliphatic carbocycles. The number of rotatable bonds is 6. The molecule has 1 atom stereocenters. The highest BCUT2D eigenvalue weighted by Gasteiger charge is 2.29. The number of anilines is 1. The van der Waals surface area contributed by atoms with Gasteiger partial charge in [-0.05, 0) is 48.7 Å². The van der Waals surface area contributed by atoms with Gasteiger partial charge in [0.05, 0.1) is 19.9 Å². The number of piperidine rings is 1. The number of aromatic nitrogens is 2. The van der Waals surface area contributed by atoms with Crippen molar-refractivity contribution in [1.82, 2.24) is 14.9 Å². The SMILES string of the molecule is COc1cccc(C(=O)N2CCC[C@H](c3nc(N(C)C)ncc3-c3cccc(OC)c3)C2)c1. The molecule has 0 unspecified atom stereocenters. The maximum absolute atomic E-state index is 13.3. The average molecular weight is 447 g/mol. The minimum absolute atomic E-state index is 0.0171. The number of methoxy groups -OCH3 is 2. The molecule has 0 radical (unpaired) electrons. The molecule has 1 aliphatic rings. The van der Waals surface area contributed by atoms with Crippen LogP contribution >= 0.6 is 0 Å². The van der Waals surface area contributed by atoms with Crippen molar-refractivity contribution < 1.29 is 14.3 Å². The Hall–Kier alpha value is -3.61. The zero-order valence-electron chi connectivity index (χ0n) is 19.6. The van der Waals surface area contributed by atoms with E-state index in [1.807, 2.05) is 72.6 Å². The summed E-state index contributed by atoms with van der Waals surface area (Å²) in [4.78, 5) is 26.6. The number of benzene rings is 2. The van der Waals surface area contributed by atoms with Crippen LogP contribution in [-0.4, -0.2) is 62.2 Å². The maximum atomic E-state index is 13.3. The number of amides is 1. The van der Waals surface area contributed by atoms with Gasteiger partial charge in [-0.3, -0.25) is 4.79 Å². The predicted molar refractivity (Wildman–Crippen MR) is 129 cm³/mol. The van der Waals surface area contributed by atoms with Gasteiger partial charge in [0, 0.05) is 50.4 Å². The lowest BCUT2D eigenvalue weighted by Crippen LogP contribution is -2.39. The van der Waals surface area contributed by atoms with E-state index in [1.165, 1.54) is 0 Å². The number of likely N-dealkylation sites (tertiary alicyclic amines) is 1. The second-order valence-electron chi connectivity index (χ2n) is 8.42. The Kier molecular flexibility index (Phi) is 6.77. The van der Waals surface area contributed by atoms with E-state index < -0.39 is 0 Å². The predicted octanol–water partition coefficient (Wildman–Crippen LogP) is 4.25. The minimum atomic E-state index is 0.0171. The van der Waals surface area contributed by atoms with Gasteiger partial charge in [0.15, 0.2) is 0 Å². The van der Waals surface area contributed by atoms with Crippen LogP contribution in [0.3, 0.4) is 0 Å². The summed E-state index contributed by atoms with van der Waals surface area (Å²) in [5, 5.41) is 0. The van der Waals surface area contributed by atoms with Gasteiger partial charge in [0.25, 0.3) is 5.91 Å². The first kappa shape index (κ1) is 22.6. The van der Waals surface area contributed by atoms with E-state index in [0.717, 1.165) is 42.0 Å². The van der Waals surface area contributed by atoms with Crippen molar-refractivity contribution in [2.75, 3.05) is 46.3 Å². The van der Waals surface area contributed by atoms with E-state index in [2.05, 4.69) is 4.98 Å². The highest BCUT2D eigenvalue weighted by Crippen LogP contribution is 2.35. The van der Waals surface area contributed by atoms with E-state index in [0.29, 0.717) is 23.8 Å². The molecule has 1 fully saturated rings. The molecule has 0 bridgehead atoms. The molecule has 7 heteroatoms. The van der Waals surface area contributed by atoms with Crippen molar-refractivity contribution in [3.63, 3.8) is 0 Å². The summed E-state index contributed by atoms with van der Waals surface area (Å²) in [7, 11) is 7.14. The molecule has 2 aromatic carbocycles. The fourth-order valence-corrected chi connectivity index (χ4v) is 4.25. The maximum Gasteiger partial charge on any atom is 0.254 e. The van der Waals surface area contributed by atoms with Crippen LogP contribution < -0.4 is 14.4 Å². The van der Waals surface area contributed by atoms with Gasteiger partial charge >= 0.3 is 0 Å². The Bertz CT molecular complexity index is 1130. The van der Waals surface area contributed by atoms with Crippen molar-refractivity contribution >= 4 is 11.9 Å². The van der Waals surface area contributed by atoms with E-state index in [-0.39, 0.29) is 11.8 Å². The molecular formula is C26H30N4O3. The van der Waals surface area contributed by atoms with Crippen LogP contribution in [-0.2, 0) is 0 Å². The number of carbonyl (C=O) groups excluding carboxylic acids is 1. The zero-order valence-corrected chi connectivity index (χ0v) is 19.6. The van der Waals surface area contributed by atoms with Crippen LogP contribution in [0.25, 0.3) is 11.1 Å². The zero-order chi connectivity index (χ0) is 23.4. The lowest BCUT2D eigenvalue weighted by Gasteiger charge is -2.33. The molecule has 1 aromatic heterocycles. The van der Waals surface area contributed by atoms with Crippen LogP contribution in [0, 0.1) is 0 Å². The molecule has 1 aliphatic heterocycles. The highest BCUT2D eigenvalue weighted by atomic mass is 16.5. The van der Waals surface area contributed by atoms with E-state index in [9.17, 15) is 4.79 Å². The molecule has 0 saturated carbocycles. The van der Waals surface area contributed by atoms with Gasteiger partial charge in [-0.15, -0.1) is 0 Å². The van der Waals surface area contributed by atoms with E-state index >= 15 is 0 Å². The molecule has 0 N–H and O–H groups in total. The Labute approximate surface area is 195 Å². The van der Waals surface area contributed by atoms with Crippen LogP contribution in [0.2, 0.25) is 0 Å². The van der Waals surface area contributed by atoms with E-state index in [1.54, 1.807) is 20.3 Å². The fraction of sp³-hybridized carbons (Fsp3) is 0.346. The standard InChI is InChI=1S/C26H30N4O3/c1-29(2)26-27-16-23(18-8-5-11-21(14-18)32-3)24(28-26)20-10-7-13-30(17-20)25(31)19-9-6-12-22(15-19)33-4/h5-6,8-9,11-12,14-16,20H,7,10,13,17H2,1-4H3/t20-/m0/s1. The molecular weight excluding hydrogens is 416 g/mol. The summed E-state index contributed by atoms with van der Waals surface area (Å²) in [6, 6.07) is 15.3. The number of nitrogens with zero attached hydrogens (tertiary/aromatic N) is 4. The van der Waals surface area contributed by atoms with Crippen LogP contribution in [0.1, 0.15) is 34.8 Å². The second-order valence-corrected chi connectivity index (χ2v) is 8.42. The Balaban J connectivity index is 1.68. The topological polar surface area (TPSA) is 67.8 Å². The van der Waals surface area contributed by atoms with Crippen molar-refractivity contribution in [2.24, 2.45) is 0 Å². The van der Waals surface area contributed by atoms with Gasteiger partial charge in [-0.2, -0.15) is 0 Å². The lowest BCUT2D eigenvalue weighted by molar-refractivity contribution is 0.0705. The molecule has 4 rings (SSSR count). The van der Waals surface area contributed by atoms with Gasteiger partial charge in [0.1, 0.15) is 11.5 Å². The summed E-state index contributed by atoms with van der Waals surface area (Å²) < 4.78 is 10.7. The fourth-order valence-electron chi connectivity index (χ4n) is 4.25. The molecule has 7 nitrogen and oxygen atoms in total. The first-order chi connectivity index (χ1) is 16.0. The molecule has 172 valence electrons. The first-order valence-corrected chi connectivity index (χ1v) is 11.1. The highest BCUT2D eigenvalue weighted by molar-refractivity contribution is 5.94. The summed E-state index contributed by atoms with van der Waals surface area (Å²) in [6.45, 7) is 1.34. The number of ether oxygens (including phenoxy) is 2. The summed E-state index contributed by atoms with van der Waals surface area (Å²) in [5.41, 5.74) is 3.58. The molecule has 1 amide bonds. The number of hydrogen-bond donors (Lipinski definition) is 0. The van der Waals surface area contributed by atoms with Crippen molar-refractivity contribution in [3.8, 4) is 22.6 Å². The van der Waals surface area contributed by atoms with Gasteiger partial charge < -0.3 is 19.3 Å². The quantitative estimate of drug-likeness (QED) is 0.564. The average Bonchev–Trinajstić information content (AvgIpc) is 2.88. The van der Waals surface area contributed by atoms with Crippen LogP contribution in [0.4, 0.5) is 5.95 Å². The summed E-state index contributed by atoms with van der Waals surface area (Å²) in [5.74, 6) is 2.25. The van der Waals surface area contributed by atoms with Crippen LogP contribution in [0.15, 0.2) is 54.7 Å². The molecule has 0 spiro atoms. The second kappa shape index (κ2) is 9.90. The summed E-state index contributed by atoms with van der Waals surface area (Å²) in [6.07, 6.45) is 3.76. The smallest absolute Gasteiger partial charge is 0.254 e. The minimum Gasteiger partial charge on any atom is -0.497 e. The van der Waals surface area contributed by atoms with Gasteiger partial charge in [-0.25, -0.2) is 9.97 Å². The lowest BCUT2D eigenvalue weighted by atomic mass is 9.89. The third kappa shape index (κ3) is 4.92. The molecule has 1 saturated heterocycles. The monoisotopic (exact) mass is 446 g/mol. The largest absolute Gasteiger partial charge is 0.497 e. The van der Waals surface area contributed by atoms with Crippen molar-refractivity contribution in [1.29, 1.82) is 0 Å². The molecule has 2 heterocycles. The molecule has 33 heavy (non-hydrogen) atoms. The number of hydrogen-bond acceptors (Lipinski definition) is 6.